The molecule has 2 amide bonds. The van der Waals surface area contributed by atoms with Gasteiger partial charge in [0.1, 0.15) is 5.75 Å². The van der Waals surface area contributed by atoms with Crippen LogP contribution in [0.3, 0.4) is 0 Å². The van der Waals surface area contributed by atoms with Crippen LogP contribution in [-0.2, 0) is 9.59 Å². The molecule has 0 saturated carbocycles. The van der Waals surface area contributed by atoms with E-state index >= 15 is 0 Å². The van der Waals surface area contributed by atoms with Crippen molar-refractivity contribution in [3.05, 3.63) is 64.0 Å². The summed E-state index contributed by atoms with van der Waals surface area (Å²) in [5.74, 6) is 0.703. The number of halogens is 1. The molecule has 3 rings (SSSR count). The topological polar surface area (TPSA) is 46.6 Å². The molecule has 27 heavy (non-hydrogen) atoms. The zero-order valence-corrected chi connectivity index (χ0v) is 16.8. The van der Waals surface area contributed by atoms with Gasteiger partial charge in [-0.3, -0.25) is 9.59 Å². The van der Waals surface area contributed by atoms with Crippen LogP contribution in [0.1, 0.15) is 25.8 Å². The summed E-state index contributed by atoms with van der Waals surface area (Å²) in [6.07, 6.45) is 0.880. The Balaban J connectivity index is 2.00. The highest BCUT2D eigenvalue weighted by Gasteiger charge is 2.40. The van der Waals surface area contributed by atoms with E-state index in [1.54, 1.807) is 42.5 Å². The lowest BCUT2D eigenvalue weighted by molar-refractivity contribution is -0.119. The predicted octanol–water partition coefficient (Wildman–Crippen LogP) is 5.17. The molecule has 0 aromatic heterocycles. The maximum absolute atomic E-state index is 13.2. The molecule has 0 N–H and O–H groups in total. The lowest BCUT2D eigenvalue weighted by Crippen LogP contribution is -2.31. The third-order valence-electron chi connectivity index (χ3n) is 4.01. The number of ether oxygens (including phenoxy) is 1. The van der Waals surface area contributed by atoms with Crippen molar-refractivity contribution < 1.29 is 14.3 Å². The van der Waals surface area contributed by atoms with Crippen LogP contribution in [0.2, 0.25) is 5.02 Å². The highest BCUT2D eigenvalue weighted by molar-refractivity contribution is 8.04. The Hall–Kier alpha value is -2.24. The maximum Gasteiger partial charge on any atom is 0.272 e. The van der Waals surface area contributed by atoms with Crippen molar-refractivity contribution in [2.24, 2.45) is 0 Å². The standard InChI is InChI=1S/C21H20ClNO3S/c1-3-12-26-17-7-5-6-16(13-17)23-20(24)18(19(21(23)25)27-4-2)14-8-10-15(22)11-9-14/h5-11,13H,3-4,12H2,1-2H3. The zero-order chi connectivity index (χ0) is 19.4. The van der Waals surface area contributed by atoms with Crippen LogP contribution < -0.4 is 9.64 Å². The first kappa shape index (κ1) is 19.5. The molecular weight excluding hydrogens is 382 g/mol. The summed E-state index contributed by atoms with van der Waals surface area (Å²) in [6, 6.07) is 14.0. The van der Waals surface area contributed by atoms with Crippen LogP contribution in [0.4, 0.5) is 5.69 Å². The van der Waals surface area contributed by atoms with Crippen molar-refractivity contribution in [3.8, 4) is 5.75 Å². The average molecular weight is 402 g/mol. The van der Waals surface area contributed by atoms with Gasteiger partial charge in [0.25, 0.3) is 11.8 Å². The summed E-state index contributed by atoms with van der Waals surface area (Å²) in [4.78, 5) is 27.9. The third kappa shape index (κ3) is 4.04. The predicted molar refractivity (Wildman–Crippen MR) is 111 cm³/mol. The zero-order valence-electron chi connectivity index (χ0n) is 15.2. The number of amides is 2. The summed E-state index contributed by atoms with van der Waals surface area (Å²) < 4.78 is 5.64. The van der Waals surface area contributed by atoms with Crippen LogP contribution in [0.25, 0.3) is 5.57 Å². The lowest BCUT2D eigenvalue weighted by Gasteiger charge is -2.16. The Labute approximate surface area is 168 Å². The van der Waals surface area contributed by atoms with Crippen LogP contribution in [-0.4, -0.2) is 24.2 Å². The highest BCUT2D eigenvalue weighted by Crippen LogP contribution is 2.39. The number of anilines is 1. The Bertz CT molecular complexity index is 893. The minimum absolute atomic E-state index is 0.301. The molecule has 1 heterocycles. The van der Waals surface area contributed by atoms with Crippen molar-refractivity contribution in [3.63, 3.8) is 0 Å². The van der Waals surface area contributed by atoms with E-state index in [1.165, 1.54) is 16.7 Å². The molecule has 140 valence electrons. The van der Waals surface area contributed by atoms with E-state index in [0.717, 1.165) is 6.42 Å². The molecule has 0 fully saturated rings. The summed E-state index contributed by atoms with van der Waals surface area (Å²) >= 11 is 7.34. The SMILES string of the molecule is CCCOc1cccc(N2C(=O)C(SCC)=C(c3ccc(Cl)cc3)C2=O)c1. The maximum atomic E-state index is 13.2. The van der Waals surface area contributed by atoms with Gasteiger partial charge >= 0.3 is 0 Å². The number of carbonyl (C=O) groups is 2. The first-order valence-electron chi connectivity index (χ1n) is 8.81. The minimum Gasteiger partial charge on any atom is -0.494 e. The monoisotopic (exact) mass is 401 g/mol. The lowest BCUT2D eigenvalue weighted by atomic mass is 10.1. The second kappa shape index (κ2) is 8.63. The number of benzene rings is 2. The van der Waals surface area contributed by atoms with Gasteiger partial charge in [0, 0.05) is 11.1 Å². The summed E-state index contributed by atoms with van der Waals surface area (Å²) in [7, 11) is 0. The Morgan fingerprint density at radius 2 is 1.78 bits per heavy atom. The van der Waals surface area contributed by atoms with Crippen molar-refractivity contribution in [2.75, 3.05) is 17.3 Å². The van der Waals surface area contributed by atoms with Crippen LogP contribution >= 0.6 is 23.4 Å². The molecule has 1 aliphatic rings. The van der Waals surface area contributed by atoms with Crippen LogP contribution in [0.15, 0.2) is 53.4 Å². The second-order valence-corrected chi connectivity index (χ2v) is 7.65. The van der Waals surface area contributed by atoms with E-state index in [1.807, 2.05) is 19.9 Å². The Morgan fingerprint density at radius 1 is 1.04 bits per heavy atom. The molecule has 4 nitrogen and oxygen atoms in total. The second-order valence-electron chi connectivity index (χ2n) is 5.94. The Morgan fingerprint density at radius 3 is 2.44 bits per heavy atom. The number of carbonyl (C=O) groups excluding carboxylic acids is 2. The molecule has 1 aliphatic heterocycles. The molecule has 2 aromatic rings. The van der Waals surface area contributed by atoms with E-state index in [-0.39, 0.29) is 11.8 Å². The number of hydrogen-bond donors (Lipinski definition) is 0. The van der Waals surface area contributed by atoms with E-state index < -0.39 is 0 Å². The van der Waals surface area contributed by atoms with Gasteiger partial charge in [-0.05, 0) is 42.0 Å². The van der Waals surface area contributed by atoms with Crippen molar-refractivity contribution >= 4 is 46.4 Å². The molecule has 0 spiro atoms. The average Bonchev–Trinajstić information content (AvgIpc) is 2.91. The highest BCUT2D eigenvalue weighted by atomic mass is 35.5. The summed E-state index contributed by atoms with van der Waals surface area (Å²) in [6.45, 7) is 4.56. The first-order valence-corrected chi connectivity index (χ1v) is 10.2. The number of nitrogens with zero attached hydrogens (tertiary/aromatic N) is 1. The molecular formula is C21H20ClNO3S. The molecule has 0 atom stereocenters. The van der Waals surface area contributed by atoms with Gasteiger partial charge in [-0.2, -0.15) is 0 Å². The quantitative estimate of drug-likeness (QED) is 0.600. The smallest absolute Gasteiger partial charge is 0.272 e. The largest absolute Gasteiger partial charge is 0.494 e. The van der Waals surface area contributed by atoms with Crippen molar-refractivity contribution in [1.29, 1.82) is 0 Å². The van der Waals surface area contributed by atoms with Gasteiger partial charge in [0.15, 0.2) is 0 Å². The number of rotatable bonds is 7. The van der Waals surface area contributed by atoms with Gasteiger partial charge < -0.3 is 4.74 Å². The van der Waals surface area contributed by atoms with E-state index in [2.05, 4.69) is 0 Å². The van der Waals surface area contributed by atoms with Gasteiger partial charge in [-0.15, -0.1) is 11.8 Å². The van der Waals surface area contributed by atoms with Crippen molar-refractivity contribution in [2.45, 2.75) is 20.3 Å². The molecule has 0 bridgehead atoms. The van der Waals surface area contributed by atoms with Gasteiger partial charge in [-0.25, -0.2) is 4.90 Å². The van der Waals surface area contributed by atoms with E-state index in [0.29, 0.717) is 44.9 Å². The summed E-state index contributed by atoms with van der Waals surface area (Å²) in [5.41, 5.74) is 1.62. The Kier molecular flexibility index (Phi) is 6.24. The molecule has 6 heteroatoms. The molecule has 0 unspecified atom stereocenters. The van der Waals surface area contributed by atoms with Gasteiger partial charge in [0.2, 0.25) is 0 Å². The number of imide groups is 1. The van der Waals surface area contributed by atoms with Crippen molar-refractivity contribution in [1.82, 2.24) is 0 Å². The third-order valence-corrected chi connectivity index (χ3v) is 5.22. The normalized spacial score (nSPS) is 14.3. The fourth-order valence-electron chi connectivity index (χ4n) is 2.83. The summed E-state index contributed by atoms with van der Waals surface area (Å²) in [5, 5.41) is 0.582. The number of hydrogen-bond acceptors (Lipinski definition) is 4. The molecule has 0 saturated heterocycles. The fourth-order valence-corrected chi connectivity index (χ4v) is 3.80. The minimum atomic E-state index is -0.328. The van der Waals surface area contributed by atoms with Gasteiger partial charge in [-0.1, -0.05) is 43.6 Å². The molecule has 0 radical (unpaired) electrons. The molecule has 0 aliphatic carbocycles. The van der Waals surface area contributed by atoms with Crippen LogP contribution in [0, 0.1) is 0 Å². The first-order chi connectivity index (χ1) is 13.1. The molecule has 2 aromatic carbocycles. The van der Waals surface area contributed by atoms with Gasteiger partial charge in [0.05, 0.1) is 22.8 Å². The van der Waals surface area contributed by atoms with E-state index in [9.17, 15) is 9.59 Å². The van der Waals surface area contributed by atoms with Crippen LogP contribution in [0.5, 0.6) is 5.75 Å². The van der Waals surface area contributed by atoms with E-state index in [4.69, 9.17) is 16.3 Å². The number of thioether (sulfide) groups is 1. The fraction of sp³-hybridized carbons (Fsp3) is 0.238.